The number of rotatable bonds is 6. The van der Waals surface area contributed by atoms with Crippen LogP contribution < -0.4 is 0 Å². The van der Waals surface area contributed by atoms with E-state index >= 15 is 0 Å². The SMILES string of the molecule is CC(c1ccc(S(C)(=O)=O)cc1)N(C)Cc1ccc(-c2ccccc2C#N)cc1. The van der Waals surface area contributed by atoms with E-state index in [0.717, 1.165) is 23.2 Å². The van der Waals surface area contributed by atoms with Gasteiger partial charge >= 0.3 is 0 Å². The maximum absolute atomic E-state index is 11.6. The molecular formula is C24H24N2O2S. The van der Waals surface area contributed by atoms with Crippen molar-refractivity contribution in [3.63, 3.8) is 0 Å². The highest BCUT2D eigenvalue weighted by molar-refractivity contribution is 7.90. The van der Waals surface area contributed by atoms with Crippen LogP contribution in [0.5, 0.6) is 0 Å². The molecule has 0 aliphatic rings. The Labute approximate surface area is 173 Å². The van der Waals surface area contributed by atoms with Crippen LogP contribution in [0.3, 0.4) is 0 Å². The van der Waals surface area contributed by atoms with E-state index in [-0.39, 0.29) is 6.04 Å². The van der Waals surface area contributed by atoms with Crippen molar-refractivity contribution in [1.29, 1.82) is 5.26 Å². The molecule has 0 bridgehead atoms. The minimum Gasteiger partial charge on any atom is -0.295 e. The van der Waals surface area contributed by atoms with E-state index < -0.39 is 9.84 Å². The third-order valence-electron chi connectivity index (χ3n) is 5.20. The first-order valence-electron chi connectivity index (χ1n) is 9.38. The summed E-state index contributed by atoms with van der Waals surface area (Å²) in [6, 6.07) is 25.3. The van der Waals surface area contributed by atoms with Crippen molar-refractivity contribution < 1.29 is 8.42 Å². The van der Waals surface area contributed by atoms with E-state index in [0.29, 0.717) is 10.5 Å². The van der Waals surface area contributed by atoms with Gasteiger partial charge in [0.15, 0.2) is 9.84 Å². The molecule has 0 saturated carbocycles. The topological polar surface area (TPSA) is 61.2 Å². The molecule has 0 spiro atoms. The van der Waals surface area contributed by atoms with E-state index in [9.17, 15) is 13.7 Å². The molecule has 0 amide bonds. The number of nitriles is 1. The Morgan fingerprint density at radius 1 is 0.966 bits per heavy atom. The summed E-state index contributed by atoms with van der Waals surface area (Å²) in [7, 11) is -1.13. The van der Waals surface area contributed by atoms with Gasteiger partial charge in [0.25, 0.3) is 0 Å². The van der Waals surface area contributed by atoms with Gasteiger partial charge in [-0.2, -0.15) is 5.26 Å². The second kappa shape index (κ2) is 8.60. The Morgan fingerprint density at radius 3 is 2.17 bits per heavy atom. The third-order valence-corrected chi connectivity index (χ3v) is 6.32. The summed E-state index contributed by atoms with van der Waals surface area (Å²) in [5.74, 6) is 0. The molecule has 0 N–H and O–H groups in total. The van der Waals surface area contributed by atoms with Crippen molar-refractivity contribution in [3.8, 4) is 17.2 Å². The summed E-state index contributed by atoms with van der Waals surface area (Å²) >= 11 is 0. The van der Waals surface area contributed by atoms with Gasteiger partial charge in [-0.1, -0.05) is 54.6 Å². The van der Waals surface area contributed by atoms with E-state index in [1.54, 1.807) is 12.1 Å². The highest BCUT2D eigenvalue weighted by Gasteiger charge is 2.14. The van der Waals surface area contributed by atoms with Gasteiger partial charge in [0.05, 0.1) is 16.5 Å². The fraction of sp³-hybridized carbons (Fsp3) is 0.208. The molecule has 0 saturated heterocycles. The van der Waals surface area contributed by atoms with Crippen LogP contribution in [0, 0.1) is 11.3 Å². The summed E-state index contributed by atoms with van der Waals surface area (Å²) in [5, 5.41) is 9.29. The summed E-state index contributed by atoms with van der Waals surface area (Å²) in [6.07, 6.45) is 1.22. The predicted octanol–water partition coefficient (Wildman–Crippen LogP) is 4.82. The van der Waals surface area contributed by atoms with Crippen LogP contribution in [-0.2, 0) is 16.4 Å². The molecule has 29 heavy (non-hydrogen) atoms. The quantitative estimate of drug-likeness (QED) is 0.591. The maximum atomic E-state index is 11.6. The Bertz CT molecular complexity index is 1130. The smallest absolute Gasteiger partial charge is 0.175 e. The minimum atomic E-state index is -3.18. The lowest BCUT2D eigenvalue weighted by Crippen LogP contribution is -2.21. The van der Waals surface area contributed by atoms with Crippen LogP contribution in [0.4, 0.5) is 0 Å². The Morgan fingerprint density at radius 2 is 1.59 bits per heavy atom. The number of nitrogens with zero attached hydrogens (tertiary/aromatic N) is 2. The Balaban J connectivity index is 1.72. The molecule has 0 radical (unpaired) electrons. The normalized spacial score (nSPS) is 12.5. The van der Waals surface area contributed by atoms with Crippen LogP contribution in [0.2, 0.25) is 0 Å². The first-order valence-corrected chi connectivity index (χ1v) is 11.3. The van der Waals surface area contributed by atoms with Gasteiger partial charge in [0.2, 0.25) is 0 Å². The van der Waals surface area contributed by atoms with E-state index in [1.807, 2.05) is 55.6 Å². The van der Waals surface area contributed by atoms with Crippen LogP contribution in [-0.4, -0.2) is 26.6 Å². The maximum Gasteiger partial charge on any atom is 0.175 e. The molecule has 3 rings (SSSR count). The molecule has 148 valence electrons. The average Bonchev–Trinajstić information content (AvgIpc) is 2.73. The van der Waals surface area contributed by atoms with Crippen molar-refractivity contribution >= 4 is 9.84 Å². The molecule has 3 aromatic carbocycles. The van der Waals surface area contributed by atoms with Crippen molar-refractivity contribution in [2.45, 2.75) is 24.4 Å². The fourth-order valence-electron chi connectivity index (χ4n) is 3.29. The molecule has 1 atom stereocenters. The van der Waals surface area contributed by atoms with Crippen LogP contribution in [0.1, 0.15) is 29.7 Å². The Hall–Kier alpha value is -2.94. The third kappa shape index (κ3) is 4.92. The highest BCUT2D eigenvalue weighted by Crippen LogP contribution is 2.25. The van der Waals surface area contributed by atoms with Gasteiger partial charge in [0.1, 0.15) is 0 Å². The van der Waals surface area contributed by atoms with Gasteiger partial charge in [-0.3, -0.25) is 4.90 Å². The predicted molar refractivity (Wildman–Crippen MR) is 116 cm³/mol. The van der Waals surface area contributed by atoms with Crippen LogP contribution in [0.15, 0.2) is 77.7 Å². The lowest BCUT2D eigenvalue weighted by atomic mass is 9.99. The van der Waals surface area contributed by atoms with Crippen molar-refractivity contribution in [1.82, 2.24) is 4.90 Å². The number of hydrogen-bond acceptors (Lipinski definition) is 4. The highest BCUT2D eigenvalue weighted by atomic mass is 32.2. The second-order valence-electron chi connectivity index (χ2n) is 7.29. The van der Waals surface area contributed by atoms with Gasteiger partial charge in [0, 0.05) is 18.8 Å². The second-order valence-corrected chi connectivity index (χ2v) is 9.30. The zero-order valence-corrected chi connectivity index (χ0v) is 17.6. The first kappa shape index (κ1) is 20.8. The number of sulfone groups is 1. The van der Waals surface area contributed by atoms with E-state index in [4.69, 9.17) is 0 Å². The lowest BCUT2D eigenvalue weighted by Gasteiger charge is -2.25. The molecule has 4 nitrogen and oxygen atoms in total. The molecule has 0 aliphatic heterocycles. The molecule has 0 aliphatic carbocycles. The summed E-state index contributed by atoms with van der Waals surface area (Å²) in [6.45, 7) is 2.86. The number of benzene rings is 3. The molecule has 5 heteroatoms. The zero-order chi connectivity index (χ0) is 21.0. The summed E-state index contributed by atoms with van der Waals surface area (Å²) in [5.41, 5.74) is 4.88. The first-order chi connectivity index (χ1) is 13.8. The van der Waals surface area contributed by atoms with Crippen LogP contribution >= 0.6 is 0 Å². The van der Waals surface area contributed by atoms with Gasteiger partial charge < -0.3 is 0 Å². The van der Waals surface area contributed by atoms with Crippen LogP contribution in [0.25, 0.3) is 11.1 Å². The largest absolute Gasteiger partial charge is 0.295 e. The van der Waals surface area contributed by atoms with Crippen molar-refractivity contribution in [2.24, 2.45) is 0 Å². The standard InChI is InChI=1S/C24H24N2O2S/c1-18(20-12-14-23(15-13-20)29(3,27)28)26(2)17-19-8-10-21(11-9-19)24-7-5-4-6-22(24)16-25/h4-15,18H,17H2,1-3H3. The Kier molecular flexibility index (Phi) is 6.17. The molecular weight excluding hydrogens is 380 g/mol. The van der Waals surface area contributed by atoms with Gasteiger partial charge in [-0.25, -0.2) is 8.42 Å². The number of hydrogen-bond donors (Lipinski definition) is 0. The monoisotopic (exact) mass is 404 g/mol. The zero-order valence-electron chi connectivity index (χ0n) is 16.8. The lowest BCUT2D eigenvalue weighted by molar-refractivity contribution is 0.253. The molecule has 1 unspecified atom stereocenters. The molecule has 3 aromatic rings. The van der Waals surface area contributed by atoms with Gasteiger partial charge in [-0.15, -0.1) is 0 Å². The molecule has 0 aromatic heterocycles. The molecule has 0 fully saturated rings. The molecule has 0 heterocycles. The van der Waals surface area contributed by atoms with Crippen molar-refractivity contribution in [2.75, 3.05) is 13.3 Å². The minimum absolute atomic E-state index is 0.141. The fourth-order valence-corrected chi connectivity index (χ4v) is 3.93. The summed E-state index contributed by atoms with van der Waals surface area (Å²) in [4.78, 5) is 2.55. The van der Waals surface area contributed by atoms with Crippen molar-refractivity contribution in [3.05, 3.63) is 89.5 Å². The summed E-state index contributed by atoms with van der Waals surface area (Å²) < 4.78 is 23.3. The van der Waals surface area contributed by atoms with E-state index in [1.165, 1.54) is 11.8 Å². The average molecular weight is 405 g/mol. The van der Waals surface area contributed by atoms with E-state index in [2.05, 4.69) is 30.0 Å². The van der Waals surface area contributed by atoms with Gasteiger partial charge in [-0.05, 0) is 54.4 Å².